The Balaban J connectivity index is 1.45. The maximum Gasteiger partial charge on any atom is 0.142 e. The van der Waals surface area contributed by atoms with E-state index in [1.807, 2.05) is 6.20 Å². The molecule has 5 nitrogen and oxygen atoms in total. The van der Waals surface area contributed by atoms with Gasteiger partial charge in [0.2, 0.25) is 0 Å². The normalized spacial score (nSPS) is 24.0. The van der Waals surface area contributed by atoms with Crippen molar-refractivity contribution in [3.8, 4) is 0 Å². The minimum absolute atomic E-state index is 0.784. The van der Waals surface area contributed by atoms with E-state index in [0.29, 0.717) is 0 Å². The molecule has 2 aliphatic rings. The third-order valence-corrected chi connectivity index (χ3v) is 4.88. The van der Waals surface area contributed by atoms with Gasteiger partial charge >= 0.3 is 0 Å². The van der Waals surface area contributed by atoms with Gasteiger partial charge in [-0.2, -0.15) is 0 Å². The van der Waals surface area contributed by atoms with Crippen LogP contribution in [0.2, 0.25) is 0 Å². The van der Waals surface area contributed by atoms with Crippen molar-refractivity contribution in [2.24, 2.45) is 5.92 Å². The van der Waals surface area contributed by atoms with Crippen LogP contribution in [0.25, 0.3) is 11.0 Å². The maximum absolute atomic E-state index is 4.52. The first kappa shape index (κ1) is 13.1. The second kappa shape index (κ2) is 5.64. The number of nitrogens with zero attached hydrogens (tertiary/aromatic N) is 4. The third kappa shape index (κ3) is 2.62. The molecule has 0 amide bonds. The van der Waals surface area contributed by atoms with E-state index in [4.69, 9.17) is 0 Å². The zero-order valence-corrected chi connectivity index (χ0v) is 12.5. The monoisotopic (exact) mass is 285 g/mol. The number of H-pyrrole nitrogens is 1. The lowest BCUT2D eigenvalue weighted by atomic mass is 10.1. The molecule has 0 radical (unpaired) electrons. The summed E-state index contributed by atoms with van der Waals surface area (Å²) in [5, 5.41) is 1.15. The zero-order chi connectivity index (χ0) is 14.1. The highest BCUT2D eigenvalue weighted by atomic mass is 15.2. The van der Waals surface area contributed by atoms with E-state index in [1.165, 1.54) is 45.3 Å². The first-order chi connectivity index (χ1) is 10.4. The predicted octanol–water partition coefficient (Wildman–Crippen LogP) is 2.27. The molecule has 0 aliphatic carbocycles. The molecule has 0 saturated carbocycles. The number of hydrogen-bond donors (Lipinski definition) is 1. The van der Waals surface area contributed by atoms with Crippen molar-refractivity contribution in [2.45, 2.75) is 25.7 Å². The van der Waals surface area contributed by atoms with E-state index in [0.717, 1.165) is 35.9 Å². The average molecular weight is 285 g/mol. The van der Waals surface area contributed by atoms with E-state index in [9.17, 15) is 0 Å². The van der Waals surface area contributed by atoms with E-state index < -0.39 is 0 Å². The molecule has 1 N–H and O–H groups in total. The molecule has 0 aromatic carbocycles. The number of aromatic amines is 1. The fourth-order valence-electron chi connectivity index (χ4n) is 3.79. The summed E-state index contributed by atoms with van der Waals surface area (Å²) in [6.45, 7) is 6.11. The Morgan fingerprint density at radius 3 is 2.95 bits per heavy atom. The first-order valence-electron chi connectivity index (χ1n) is 8.15. The van der Waals surface area contributed by atoms with Crippen molar-refractivity contribution in [3.63, 3.8) is 0 Å². The Morgan fingerprint density at radius 1 is 1.14 bits per heavy atom. The predicted molar refractivity (Wildman–Crippen MR) is 84.5 cm³/mol. The fraction of sp³-hybridized carbons (Fsp3) is 0.625. The number of aromatic nitrogens is 3. The van der Waals surface area contributed by atoms with E-state index in [2.05, 4.69) is 30.8 Å². The molecule has 4 rings (SSSR count). The molecule has 4 heterocycles. The standard InChI is InChI=1S/C16H23N5/c1-2-7-20(8-3-1)10-13-5-9-21(11-13)16-14-4-6-17-15(14)18-12-19-16/h4,6,12-13H,1-3,5,7-11H2,(H,17,18,19). The summed E-state index contributed by atoms with van der Waals surface area (Å²) in [4.78, 5) is 17.1. The minimum Gasteiger partial charge on any atom is -0.356 e. The number of rotatable bonds is 3. The van der Waals surface area contributed by atoms with Gasteiger partial charge < -0.3 is 14.8 Å². The Labute approximate surface area is 125 Å². The summed E-state index contributed by atoms with van der Waals surface area (Å²) in [6.07, 6.45) is 9.08. The van der Waals surface area contributed by atoms with E-state index in [1.54, 1.807) is 6.33 Å². The molecule has 2 aromatic heterocycles. The largest absolute Gasteiger partial charge is 0.356 e. The van der Waals surface area contributed by atoms with Crippen LogP contribution in [0, 0.1) is 5.92 Å². The van der Waals surface area contributed by atoms with Crippen LogP contribution in [0.1, 0.15) is 25.7 Å². The van der Waals surface area contributed by atoms with Crippen LogP contribution in [-0.4, -0.2) is 52.6 Å². The van der Waals surface area contributed by atoms with E-state index >= 15 is 0 Å². The summed E-state index contributed by atoms with van der Waals surface area (Å²) < 4.78 is 0. The van der Waals surface area contributed by atoms with Crippen molar-refractivity contribution in [1.82, 2.24) is 19.9 Å². The Bertz CT molecular complexity index is 601. The highest BCUT2D eigenvalue weighted by Crippen LogP contribution is 2.28. The number of hydrogen-bond acceptors (Lipinski definition) is 4. The van der Waals surface area contributed by atoms with Crippen molar-refractivity contribution in [2.75, 3.05) is 37.6 Å². The molecule has 0 bridgehead atoms. The summed E-state index contributed by atoms with van der Waals surface area (Å²) in [5.74, 6) is 1.88. The van der Waals surface area contributed by atoms with Gasteiger partial charge in [0.1, 0.15) is 17.8 Å². The van der Waals surface area contributed by atoms with Crippen LogP contribution in [0.4, 0.5) is 5.82 Å². The molecule has 1 atom stereocenters. The first-order valence-corrected chi connectivity index (χ1v) is 8.15. The summed E-state index contributed by atoms with van der Waals surface area (Å²) in [6, 6.07) is 2.09. The highest BCUT2D eigenvalue weighted by molar-refractivity contribution is 5.87. The molecule has 0 spiro atoms. The molecule has 1 unspecified atom stereocenters. The third-order valence-electron chi connectivity index (χ3n) is 4.88. The van der Waals surface area contributed by atoms with Crippen LogP contribution in [-0.2, 0) is 0 Å². The molecule has 21 heavy (non-hydrogen) atoms. The number of piperidine rings is 1. The van der Waals surface area contributed by atoms with E-state index in [-0.39, 0.29) is 0 Å². The molecule has 2 aromatic rings. The van der Waals surface area contributed by atoms with Crippen molar-refractivity contribution in [1.29, 1.82) is 0 Å². The smallest absolute Gasteiger partial charge is 0.142 e. The van der Waals surface area contributed by atoms with Gasteiger partial charge in [0.05, 0.1) is 5.39 Å². The second-order valence-corrected chi connectivity index (χ2v) is 6.40. The van der Waals surface area contributed by atoms with Crippen molar-refractivity contribution >= 4 is 16.9 Å². The van der Waals surface area contributed by atoms with Gasteiger partial charge in [0.25, 0.3) is 0 Å². The summed E-state index contributed by atoms with van der Waals surface area (Å²) >= 11 is 0. The van der Waals surface area contributed by atoms with Gasteiger partial charge in [-0.15, -0.1) is 0 Å². The molecule has 2 aliphatic heterocycles. The Morgan fingerprint density at radius 2 is 2.05 bits per heavy atom. The number of nitrogens with one attached hydrogen (secondary N) is 1. The van der Waals surface area contributed by atoms with Crippen LogP contribution >= 0.6 is 0 Å². The maximum atomic E-state index is 4.52. The summed E-state index contributed by atoms with van der Waals surface area (Å²) in [5.41, 5.74) is 0.944. The minimum atomic E-state index is 0.784. The van der Waals surface area contributed by atoms with Crippen LogP contribution < -0.4 is 4.90 Å². The molecule has 5 heteroatoms. The van der Waals surface area contributed by atoms with Gasteiger partial charge in [0.15, 0.2) is 0 Å². The van der Waals surface area contributed by atoms with Crippen LogP contribution in [0.5, 0.6) is 0 Å². The number of anilines is 1. The molecule has 112 valence electrons. The average Bonchev–Trinajstić information content (AvgIpc) is 3.16. The molecular formula is C16H23N5. The zero-order valence-electron chi connectivity index (χ0n) is 12.5. The second-order valence-electron chi connectivity index (χ2n) is 6.40. The molecule has 2 fully saturated rings. The van der Waals surface area contributed by atoms with Gasteiger partial charge in [-0.25, -0.2) is 9.97 Å². The Kier molecular flexibility index (Phi) is 3.51. The molecule has 2 saturated heterocycles. The Hall–Kier alpha value is -1.62. The van der Waals surface area contributed by atoms with Crippen LogP contribution in [0.3, 0.4) is 0 Å². The quantitative estimate of drug-likeness (QED) is 0.940. The number of likely N-dealkylation sites (tertiary alicyclic amines) is 1. The van der Waals surface area contributed by atoms with Crippen molar-refractivity contribution in [3.05, 3.63) is 18.6 Å². The SMILES string of the molecule is c1nc(N2CCC(CN3CCCCC3)C2)c2cc[nH]c2n1. The molecular weight excluding hydrogens is 262 g/mol. The lowest BCUT2D eigenvalue weighted by Gasteiger charge is -2.29. The van der Waals surface area contributed by atoms with Crippen LogP contribution in [0.15, 0.2) is 18.6 Å². The number of fused-ring (bicyclic) bond motifs is 1. The fourth-order valence-corrected chi connectivity index (χ4v) is 3.79. The van der Waals surface area contributed by atoms with Gasteiger partial charge in [-0.3, -0.25) is 0 Å². The van der Waals surface area contributed by atoms with Gasteiger partial charge in [-0.05, 0) is 44.3 Å². The van der Waals surface area contributed by atoms with Gasteiger partial charge in [-0.1, -0.05) is 6.42 Å². The highest BCUT2D eigenvalue weighted by Gasteiger charge is 2.27. The summed E-state index contributed by atoms with van der Waals surface area (Å²) in [7, 11) is 0. The lowest BCUT2D eigenvalue weighted by Crippen LogP contribution is -2.35. The topological polar surface area (TPSA) is 48.1 Å². The lowest BCUT2D eigenvalue weighted by molar-refractivity contribution is 0.201. The van der Waals surface area contributed by atoms with Crippen molar-refractivity contribution < 1.29 is 0 Å². The van der Waals surface area contributed by atoms with Gasteiger partial charge in [0, 0.05) is 25.8 Å².